The van der Waals surface area contributed by atoms with Crippen LogP contribution in [0.1, 0.15) is 10.4 Å². The summed E-state index contributed by atoms with van der Waals surface area (Å²) in [6.07, 6.45) is 2.54. The van der Waals surface area contributed by atoms with Crippen molar-refractivity contribution in [2.45, 2.75) is 4.90 Å². The van der Waals surface area contributed by atoms with Crippen molar-refractivity contribution in [2.24, 2.45) is 0 Å². The first kappa shape index (κ1) is 15.5. The van der Waals surface area contributed by atoms with E-state index in [1.54, 1.807) is 12.1 Å². The van der Waals surface area contributed by atoms with E-state index in [0.717, 1.165) is 6.26 Å². The molecule has 3 N–H and O–H groups in total. The van der Waals surface area contributed by atoms with Crippen molar-refractivity contribution in [1.82, 2.24) is 4.98 Å². The Kier molecular flexibility index (Phi) is 4.29. The molecule has 2 rings (SSSR count). The summed E-state index contributed by atoms with van der Waals surface area (Å²) in [5.41, 5.74) is 6.51. The van der Waals surface area contributed by atoms with Crippen LogP contribution in [-0.2, 0) is 9.84 Å². The second kappa shape index (κ2) is 5.82. The zero-order chi connectivity index (χ0) is 15.6. The number of sulfone groups is 1. The number of halogens is 1. The predicted octanol–water partition coefficient (Wildman–Crippen LogP) is 2.08. The highest BCUT2D eigenvalue weighted by Crippen LogP contribution is 2.18. The number of benzene rings is 1. The van der Waals surface area contributed by atoms with Gasteiger partial charge in [-0.2, -0.15) is 0 Å². The van der Waals surface area contributed by atoms with Gasteiger partial charge in [0.05, 0.1) is 16.8 Å². The van der Waals surface area contributed by atoms with Crippen LogP contribution in [0.5, 0.6) is 0 Å². The minimum absolute atomic E-state index is 0.00146. The number of anilines is 2. The number of carbonyl (C=O) groups excluding carboxylic acids is 1. The van der Waals surface area contributed by atoms with Crippen molar-refractivity contribution >= 4 is 43.0 Å². The van der Waals surface area contributed by atoms with Crippen LogP contribution in [0, 0.1) is 0 Å². The molecule has 1 heterocycles. The number of nitrogens with zero attached hydrogens (tertiary/aromatic N) is 1. The number of nitrogen functional groups attached to an aromatic ring is 1. The van der Waals surface area contributed by atoms with Gasteiger partial charge in [0.25, 0.3) is 5.91 Å². The van der Waals surface area contributed by atoms with Crippen LogP contribution in [0.2, 0.25) is 0 Å². The lowest BCUT2D eigenvalue weighted by Gasteiger charge is -2.07. The molecule has 0 atom stereocenters. The molecule has 0 aliphatic rings. The fourth-order valence-electron chi connectivity index (χ4n) is 1.62. The second-order valence-electron chi connectivity index (χ2n) is 4.39. The molecule has 8 heteroatoms. The molecule has 110 valence electrons. The molecular weight excluding hydrogens is 358 g/mol. The molecule has 0 aliphatic carbocycles. The van der Waals surface area contributed by atoms with Gasteiger partial charge in [-0.05, 0) is 46.3 Å². The average Bonchev–Trinajstić information content (AvgIpc) is 2.39. The minimum Gasteiger partial charge on any atom is -0.399 e. The van der Waals surface area contributed by atoms with E-state index in [0.29, 0.717) is 10.3 Å². The molecule has 0 fully saturated rings. The van der Waals surface area contributed by atoms with Gasteiger partial charge < -0.3 is 11.1 Å². The second-order valence-corrected chi connectivity index (χ2v) is 7.21. The number of hydrogen-bond acceptors (Lipinski definition) is 5. The zero-order valence-electron chi connectivity index (χ0n) is 11.0. The summed E-state index contributed by atoms with van der Waals surface area (Å²) in [5, 5.41) is 2.62. The van der Waals surface area contributed by atoms with E-state index in [4.69, 9.17) is 5.73 Å². The Morgan fingerprint density at radius 1 is 1.29 bits per heavy atom. The number of aromatic nitrogens is 1. The van der Waals surface area contributed by atoms with Crippen LogP contribution >= 0.6 is 15.9 Å². The van der Waals surface area contributed by atoms with Crippen molar-refractivity contribution in [2.75, 3.05) is 17.3 Å². The highest BCUT2D eigenvalue weighted by atomic mass is 79.9. The number of pyridine rings is 1. The Bertz CT molecular complexity index is 789. The van der Waals surface area contributed by atoms with Crippen LogP contribution in [-0.4, -0.2) is 25.6 Å². The van der Waals surface area contributed by atoms with E-state index in [2.05, 4.69) is 26.2 Å². The third-order valence-electron chi connectivity index (χ3n) is 2.60. The SMILES string of the molecule is CS(=O)(=O)c1cc(N)cc(C(=O)Nc2ccc(Br)nc2)c1. The summed E-state index contributed by atoms with van der Waals surface area (Å²) in [6, 6.07) is 7.35. The van der Waals surface area contributed by atoms with E-state index in [9.17, 15) is 13.2 Å². The van der Waals surface area contributed by atoms with Gasteiger partial charge in [-0.1, -0.05) is 0 Å². The molecule has 2 aromatic rings. The lowest BCUT2D eigenvalue weighted by molar-refractivity contribution is 0.102. The third kappa shape index (κ3) is 4.02. The maximum absolute atomic E-state index is 12.1. The summed E-state index contributed by atoms with van der Waals surface area (Å²) < 4.78 is 23.7. The van der Waals surface area contributed by atoms with E-state index >= 15 is 0 Å². The van der Waals surface area contributed by atoms with Gasteiger partial charge in [0, 0.05) is 17.5 Å². The van der Waals surface area contributed by atoms with Gasteiger partial charge >= 0.3 is 0 Å². The first-order chi connectivity index (χ1) is 9.75. The van der Waals surface area contributed by atoms with Crippen molar-refractivity contribution < 1.29 is 13.2 Å². The molecule has 1 aromatic carbocycles. The van der Waals surface area contributed by atoms with Gasteiger partial charge in [0.15, 0.2) is 9.84 Å². The largest absolute Gasteiger partial charge is 0.399 e. The average molecular weight is 370 g/mol. The smallest absolute Gasteiger partial charge is 0.255 e. The normalized spacial score (nSPS) is 11.1. The van der Waals surface area contributed by atoms with Crippen LogP contribution < -0.4 is 11.1 Å². The Balaban J connectivity index is 2.31. The Morgan fingerprint density at radius 3 is 2.57 bits per heavy atom. The van der Waals surface area contributed by atoms with Gasteiger partial charge in [0.1, 0.15) is 4.60 Å². The number of nitrogens with one attached hydrogen (secondary N) is 1. The molecular formula is C13H12BrN3O3S. The Labute approximate surface area is 130 Å². The maximum atomic E-state index is 12.1. The molecule has 0 spiro atoms. The van der Waals surface area contributed by atoms with E-state index < -0.39 is 15.7 Å². The summed E-state index contributed by atoms with van der Waals surface area (Å²) in [4.78, 5) is 16.1. The zero-order valence-corrected chi connectivity index (χ0v) is 13.4. The lowest BCUT2D eigenvalue weighted by Crippen LogP contribution is -2.13. The van der Waals surface area contributed by atoms with Crippen molar-refractivity contribution in [3.8, 4) is 0 Å². The van der Waals surface area contributed by atoms with Crippen LogP contribution in [0.3, 0.4) is 0 Å². The van der Waals surface area contributed by atoms with Crippen LogP contribution in [0.15, 0.2) is 46.0 Å². The fourth-order valence-corrected chi connectivity index (χ4v) is 2.55. The predicted molar refractivity (Wildman–Crippen MR) is 83.9 cm³/mol. The van der Waals surface area contributed by atoms with E-state index in [-0.39, 0.29) is 16.1 Å². The number of hydrogen-bond donors (Lipinski definition) is 2. The number of carbonyl (C=O) groups is 1. The summed E-state index contributed by atoms with van der Waals surface area (Å²) in [7, 11) is -3.44. The quantitative estimate of drug-likeness (QED) is 0.636. The fraction of sp³-hybridized carbons (Fsp3) is 0.0769. The molecule has 1 aromatic heterocycles. The van der Waals surface area contributed by atoms with Crippen LogP contribution in [0.25, 0.3) is 0 Å². The summed E-state index contributed by atoms with van der Waals surface area (Å²) in [6.45, 7) is 0. The highest BCUT2D eigenvalue weighted by molar-refractivity contribution is 9.10. The van der Waals surface area contributed by atoms with Gasteiger partial charge in [0.2, 0.25) is 0 Å². The van der Waals surface area contributed by atoms with Gasteiger partial charge in [-0.15, -0.1) is 0 Å². The Hall–Kier alpha value is -1.93. The van der Waals surface area contributed by atoms with Crippen LogP contribution in [0.4, 0.5) is 11.4 Å². The molecule has 1 amide bonds. The maximum Gasteiger partial charge on any atom is 0.255 e. The molecule has 0 aliphatic heterocycles. The molecule has 0 unspecified atom stereocenters. The molecule has 0 saturated heterocycles. The third-order valence-corrected chi connectivity index (χ3v) is 4.17. The standard InChI is InChI=1S/C13H12BrN3O3S/c1-21(19,20)11-5-8(4-9(15)6-11)13(18)17-10-2-3-12(14)16-7-10/h2-7H,15H2,1H3,(H,17,18). The molecule has 0 bridgehead atoms. The lowest BCUT2D eigenvalue weighted by atomic mass is 10.2. The van der Waals surface area contributed by atoms with Gasteiger partial charge in [-0.25, -0.2) is 13.4 Å². The minimum atomic E-state index is -3.44. The summed E-state index contributed by atoms with van der Waals surface area (Å²) >= 11 is 3.19. The summed E-state index contributed by atoms with van der Waals surface area (Å²) in [5.74, 6) is -0.462. The molecule has 0 radical (unpaired) electrons. The number of nitrogens with two attached hydrogens (primary N) is 1. The Morgan fingerprint density at radius 2 is 2.00 bits per heavy atom. The van der Waals surface area contributed by atoms with Crippen molar-refractivity contribution in [1.29, 1.82) is 0 Å². The van der Waals surface area contributed by atoms with Gasteiger partial charge in [-0.3, -0.25) is 4.79 Å². The monoisotopic (exact) mass is 369 g/mol. The van der Waals surface area contributed by atoms with E-state index in [1.165, 1.54) is 24.4 Å². The topological polar surface area (TPSA) is 102 Å². The highest BCUT2D eigenvalue weighted by Gasteiger charge is 2.13. The van der Waals surface area contributed by atoms with E-state index in [1.807, 2.05) is 0 Å². The first-order valence-corrected chi connectivity index (χ1v) is 8.48. The molecule has 6 nitrogen and oxygen atoms in total. The van der Waals surface area contributed by atoms with Crippen molar-refractivity contribution in [3.63, 3.8) is 0 Å². The molecule has 0 saturated carbocycles. The number of rotatable bonds is 3. The first-order valence-electron chi connectivity index (χ1n) is 5.79. The molecule has 21 heavy (non-hydrogen) atoms. The van der Waals surface area contributed by atoms with Crippen molar-refractivity contribution in [3.05, 3.63) is 46.7 Å². The number of amides is 1.